The number of carbonyl (C=O) groups excluding carboxylic acids is 1. The number of anilines is 1. The number of benzene rings is 2. The summed E-state index contributed by atoms with van der Waals surface area (Å²) >= 11 is 0. The summed E-state index contributed by atoms with van der Waals surface area (Å²) in [7, 11) is -1.29. The lowest BCUT2D eigenvalue weighted by Gasteiger charge is -2.25. The molecule has 0 heterocycles. The average Bonchev–Trinajstić information content (AvgIpc) is 3.25. The van der Waals surface area contributed by atoms with Crippen molar-refractivity contribution in [2.24, 2.45) is 0 Å². The molecule has 0 spiro atoms. The number of amides is 1. The van der Waals surface area contributed by atoms with Gasteiger partial charge in [-0.25, -0.2) is 12.8 Å². The summed E-state index contributed by atoms with van der Waals surface area (Å²) in [6.45, 7) is -0.418. The summed E-state index contributed by atoms with van der Waals surface area (Å²) in [6.07, 6.45) is 3.84. The highest BCUT2D eigenvalue weighted by molar-refractivity contribution is 7.92. The Bertz CT molecular complexity index is 989. The molecule has 0 unspecified atom stereocenters. The normalized spacial score (nSPS) is 14.4. The summed E-state index contributed by atoms with van der Waals surface area (Å²) in [5.74, 6) is -0.287. The third-order valence-electron chi connectivity index (χ3n) is 5.07. The van der Waals surface area contributed by atoms with Crippen molar-refractivity contribution in [2.75, 3.05) is 25.1 Å². The number of nitrogens with one attached hydrogen (secondary N) is 1. The van der Waals surface area contributed by atoms with E-state index in [4.69, 9.17) is 9.47 Å². The lowest BCUT2D eigenvalue weighted by molar-refractivity contribution is -0.120. The Labute approximate surface area is 175 Å². The van der Waals surface area contributed by atoms with Crippen molar-refractivity contribution in [3.8, 4) is 11.5 Å². The van der Waals surface area contributed by atoms with Gasteiger partial charge in [0.25, 0.3) is 10.0 Å². The fraction of sp³-hybridized carbons (Fsp3) is 0.381. The summed E-state index contributed by atoms with van der Waals surface area (Å²) in [6, 6.07) is 9.21. The molecule has 1 fully saturated rings. The van der Waals surface area contributed by atoms with E-state index in [1.165, 1.54) is 44.6 Å². The highest BCUT2D eigenvalue weighted by atomic mass is 32.2. The maximum absolute atomic E-state index is 13.4. The molecule has 2 aromatic rings. The molecule has 9 heteroatoms. The first-order chi connectivity index (χ1) is 14.3. The second-order valence-electron chi connectivity index (χ2n) is 7.05. The van der Waals surface area contributed by atoms with Crippen LogP contribution >= 0.6 is 0 Å². The van der Waals surface area contributed by atoms with Crippen LogP contribution in [0.15, 0.2) is 47.4 Å². The topological polar surface area (TPSA) is 84.9 Å². The van der Waals surface area contributed by atoms with E-state index in [-0.39, 0.29) is 22.4 Å². The van der Waals surface area contributed by atoms with Crippen molar-refractivity contribution in [3.63, 3.8) is 0 Å². The van der Waals surface area contributed by atoms with Crippen LogP contribution < -0.4 is 19.1 Å². The van der Waals surface area contributed by atoms with Crippen LogP contribution in [0.1, 0.15) is 25.7 Å². The predicted molar refractivity (Wildman–Crippen MR) is 111 cm³/mol. The van der Waals surface area contributed by atoms with Crippen LogP contribution in [0.5, 0.6) is 11.5 Å². The van der Waals surface area contributed by atoms with E-state index < -0.39 is 28.3 Å². The van der Waals surface area contributed by atoms with E-state index in [0.29, 0.717) is 5.75 Å². The van der Waals surface area contributed by atoms with Gasteiger partial charge in [-0.1, -0.05) is 12.8 Å². The van der Waals surface area contributed by atoms with Gasteiger partial charge in [-0.3, -0.25) is 9.10 Å². The molecule has 0 aliphatic heterocycles. The number of ether oxygens (including phenoxy) is 2. The van der Waals surface area contributed by atoms with Crippen LogP contribution in [-0.4, -0.2) is 41.1 Å². The molecule has 0 aromatic heterocycles. The Morgan fingerprint density at radius 1 is 1.07 bits per heavy atom. The minimum absolute atomic E-state index is 0.0522. The van der Waals surface area contributed by atoms with Crippen LogP contribution in [0.2, 0.25) is 0 Å². The highest BCUT2D eigenvalue weighted by Crippen LogP contribution is 2.32. The third kappa shape index (κ3) is 4.84. The molecular formula is C21H25FN2O5S. The zero-order valence-electron chi connectivity index (χ0n) is 16.9. The number of carbonyl (C=O) groups is 1. The smallest absolute Gasteiger partial charge is 0.264 e. The minimum atomic E-state index is -4.14. The second kappa shape index (κ2) is 9.34. The van der Waals surface area contributed by atoms with E-state index in [1.54, 1.807) is 0 Å². The molecular weight excluding hydrogens is 411 g/mol. The zero-order chi connectivity index (χ0) is 21.7. The monoisotopic (exact) mass is 436 g/mol. The molecule has 30 heavy (non-hydrogen) atoms. The second-order valence-corrected chi connectivity index (χ2v) is 8.92. The zero-order valence-corrected chi connectivity index (χ0v) is 17.7. The SMILES string of the molecule is COc1ccc(S(=O)(=O)N(CC(=O)NC2CCCC2)c2ccc(F)cc2)cc1OC. The predicted octanol–water partition coefficient (Wildman–Crippen LogP) is 3.10. The number of methoxy groups -OCH3 is 2. The standard InChI is InChI=1S/C21H25FN2O5S/c1-28-19-12-11-18(13-20(19)29-2)30(26,27)24(17-9-7-15(22)8-10-17)14-21(25)23-16-5-3-4-6-16/h7-13,16H,3-6,14H2,1-2H3,(H,23,25). The highest BCUT2D eigenvalue weighted by Gasteiger charge is 2.29. The Morgan fingerprint density at radius 2 is 1.70 bits per heavy atom. The number of halogens is 1. The van der Waals surface area contributed by atoms with Crippen molar-refractivity contribution in [1.29, 1.82) is 0 Å². The molecule has 7 nitrogen and oxygen atoms in total. The summed E-state index contributed by atoms with van der Waals surface area (Å²) in [5.41, 5.74) is 0.188. The van der Waals surface area contributed by atoms with E-state index >= 15 is 0 Å². The van der Waals surface area contributed by atoms with Gasteiger partial charge in [0.05, 0.1) is 24.8 Å². The van der Waals surface area contributed by atoms with Gasteiger partial charge in [-0.2, -0.15) is 0 Å². The maximum Gasteiger partial charge on any atom is 0.264 e. The molecule has 1 aliphatic rings. The van der Waals surface area contributed by atoms with Crippen molar-refractivity contribution in [2.45, 2.75) is 36.6 Å². The lowest BCUT2D eigenvalue weighted by Crippen LogP contribution is -2.43. The fourth-order valence-corrected chi connectivity index (χ4v) is 4.94. The molecule has 1 N–H and O–H groups in total. The Kier molecular flexibility index (Phi) is 6.81. The Balaban J connectivity index is 1.95. The maximum atomic E-state index is 13.4. The number of hydrogen-bond donors (Lipinski definition) is 1. The van der Waals surface area contributed by atoms with E-state index in [9.17, 15) is 17.6 Å². The van der Waals surface area contributed by atoms with Crippen LogP contribution in [0.25, 0.3) is 0 Å². The van der Waals surface area contributed by atoms with Gasteiger partial charge in [0.15, 0.2) is 11.5 Å². The van der Waals surface area contributed by atoms with Crippen molar-refractivity contribution in [1.82, 2.24) is 5.32 Å². The quantitative estimate of drug-likeness (QED) is 0.687. The average molecular weight is 437 g/mol. The first kappa shape index (κ1) is 21.9. The third-order valence-corrected chi connectivity index (χ3v) is 6.83. The van der Waals surface area contributed by atoms with Gasteiger partial charge < -0.3 is 14.8 Å². The molecule has 0 radical (unpaired) electrons. The molecule has 0 atom stereocenters. The van der Waals surface area contributed by atoms with Gasteiger partial charge in [0, 0.05) is 12.1 Å². The minimum Gasteiger partial charge on any atom is -0.493 e. The first-order valence-corrected chi connectivity index (χ1v) is 11.1. The van der Waals surface area contributed by atoms with Gasteiger partial charge in [-0.05, 0) is 49.2 Å². The van der Waals surface area contributed by atoms with Gasteiger partial charge in [-0.15, -0.1) is 0 Å². The van der Waals surface area contributed by atoms with Crippen LogP contribution in [0, 0.1) is 5.82 Å². The number of sulfonamides is 1. The molecule has 0 bridgehead atoms. The van der Waals surface area contributed by atoms with Gasteiger partial charge in [0.2, 0.25) is 5.91 Å². The number of rotatable bonds is 8. The number of nitrogens with zero attached hydrogens (tertiary/aromatic N) is 1. The molecule has 162 valence electrons. The largest absolute Gasteiger partial charge is 0.493 e. The fourth-order valence-electron chi connectivity index (χ4n) is 3.50. The molecule has 0 saturated heterocycles. The lowest BCUT2D eigenvalue weighted by atomic mass is 10.2. The van der Waals surface area contributed by atoms with Gasteiger partial charge in [0.1, 0.15) is 12.4 Å². The molecule has 2 aromatic carbocycles. The van der Waals surface area contributed by atoms with Crippen LogP contribution in [-0.2, 0) is 14.8 Å². The van der Waals surface area contributed by atoms with Crippen molar-refractivity contribution < 1.29 is 27.1 Å². The summed E-state index contributed by atoms with van der Waals surface area (Å²) in [4.78, 5) is 12.5. The summed E-state index contributed by atoms with van der Waals surface area (Å²) < 4.78 is 51.6. The van der Waals surface area contributed by atoms with Crippen molar-refractivity contribution in [3.05, 3.63) is 48.3 Å². The van der Waals surface area contributed by atoms with Crippen molar-refractivity contribution >= 4 is 21.6 Å². The molecule has 1 aliphatic carbocycles. The van der Waals surface area contributed by atoms with Crippen LogP contribution in [0.4, 0.5) is 10.1 Å². The summed E-state index contributed by atoms with van der Waals surface area (Å²) in [5, 5.41) is 2.89. The van der Waals surface area contributed by atoms with E-state index in [2.05, 4.69) is 5.32 Å². The number of hydrogen-bond acceptors (Lipinski definition) is 5. The van der Waals surface area contributed by atoms with Crippen LogP contribution in [0.3, 0.4) is 0 Å². The van der Waals surface area contributed by atoms with Gasteiger partial charge >= 0.3 is 0 Å². The molecule has 1 saturated carbocycles. The van der Waals surface area contributed by atoms with E-state index in [0.717, 1.165) is 42.1 Å². The molecule has 1 amide bonds. The van der Waals surface area contributed by atoms with E-state index in [1.807, 2.05) is 0 Å². The Morgan fingerprint density at radius 3 is 2.30 bits per heavy atom. The Hall–Kier alpha value is -2.81. The molecule has 3 rings (SSSR count). The first-order valence-electron chi connectivity index (χ1n) is 9.65.